The van der Waals surface area contributed by atoms with E-state index in [4.69, 9.17) is 4.98 Å². The standard InChI is InChI=1S/C19H29N5O2/c1-7-9-10-11-22-17(25)15-16(21(6)19(22)26)20-18-23(12(3)8-2)13(4)14(5)24(15)18/h12H,7-11H2,1-6H3/t12-/m0/s1. The minimum absolute atomic E-state index is 0.240. The maximum Gasteiger partial charge on any atom is 0.332 e. The normalized spacial score (nSPS) is 13.2. The van der Waals surface area contributed by atoms with Gasteiger partial charge in [0, 0.05) is 31.0 Å². The molecule has 0 aromatic carbocycles. The molecule has 7 heteroatoms. The van der Waals surface area contributed by atoms with Crippen molar-refractivity contribution in [1.29, 1.82) is 0 Å². The Labute approximate surface area is 152 Å². The third-order valence-electron chi connectivity index (χ3n) is 5.58. The Hall–Kier alpha value is -2.31. The number of unbranched alkanes of at least 4 members (excludes halogenated alkanes) is 2. The van der Waals surface area contributed by atoms with Gasteiger partial charge in [0.05, 0.1) is 0 Å². The molecule has 0 N–H and O–H groups in total. The number of rotatable bonds is 6. The van der Waals surface area contributed by atoms with Crippen LogP contribution in [0, 0.1) is 13.8 Å². The van der Waals surface area contributed by atoms with E-state index >= 15 is 0 Å². The highest BCUT2D eigenvalue weighted by molar-refractivity contribution is 5.76. The number of aryl methyl sites for hydroxylation is 2. The maximum absolute atomic E-state index is 13.2. The summed E-state index contributed by atoms with van der Waals surface area (Å²) in [4.78, 5) is 30.6. The van der Waals surface area contributed by atoms with Crippen LogP contribution in [0.4, 0.5) is 0 Å². The fourth-order valence-electron chi connectivity index (χ4n) is 3.70. The second-order valence-electron chi connectivity index (χ2n) is 7.22. The van der Waals surface area contributed by atoms with Crippen LogP contribution in [0.1, 0.15) is 63.9 Å². The largest absolute Gasteiger partial charge is 0.332 e. The first-order valence-corrected chi connectivity index (χ1v) is 9.54. The van der Waals surface area contributed by atoms with E-state index in [0.717, 1.165) is 42.8 Å². The van der Waals surface area contributed by atoms with Crippen molar-refractivity contribution in [3.05, 3.63) is 32.2 Å². The van der Waals surface area contributed by atoms with Crippen LogP contribution < -0.4 is 11.2 Å². The molecule has 0 radical (unpaired) electrons. The van der Waals surface area contributed by atoms with Gasteiger partial charge in [-0.15, -0.1) is 0 Å². The molecule has 3 heterocycles. The van der Waals surface area contributed by atoms with Crippen LogP contribution in [0.3, 0.4) is 0 Å². The van der Waals surface area contributed by atoms with Crippen molar-refractivity contribution >= 4 is 16.9 Å². The molecule has 142 valence electrons. The molecule has 0 aliphatic rings. The molecule has 0 fully saturated rings. The van der Waals surface area contributed by atoms with Crippen LogP contribution in [0.5, 0.6) is 0 Å². The summed E-state index contributed by atoms with van der Waals surface area (Å²) >= 11 is 0. The van der Waals surface area contributed by atoms with Gasteiger partial charge in [0.2, 0.25) is 5.78 Å². The Kier molecular flexibility index (Phi) is 4.82. The second-order valence-corrected chi connectivity index (χ2v) is 7.22. The Morgan fingerprint density at radius 2 is 1.77 bits per heavy atom. The van der Waals surface area contributed by atoms with E-state index < -0.39 is 0 Å². The first-order chi connectivity index (χ1) is 12.3. The van der Waals surface area contributed by atoms with E-state index in [2.05, 4.69) is 32.3 Å². The predicted octanol–water partition coefficient (Wildman–Crippen LogP) is 2.93. The average molecular weight is 359 g/mol. The number of fused-ring (bicyclic) bond motifs is 3. The van der Waals surface area contributed by atoms with Crippen molar-refractivity contribution in [3.8, 4) is 0 Å². The van der Waals surface area contributed by atoms with Gasteiger partial charge in [-0.3, -0.25) is 18.3 Å². The van der Waals surface area contributed by atoms with Gasteiger partial charge >= 0.3 is 5.69 Å². The van der Waals surface area contributed by atoms with E-state index in [1.807, 2.05) is 11.3 Å². The zero-order valence-electron chi connectivity index (χ0n) is 16.7. The first-order valence-electron chi connectivity index (χ1n) is 9.54. The molecule has 26 heavy (non-hydrogen) atoms. The van der Waals surface area contributed by atoms with E-state index in [0.29, 0.717) is 17.7 Å². The van der Waals surface area contributed by atoms with Crippen LogP contribution in [-0.4, -0.2) is 23.1 Å². The Morgan fingerprint density at radius 3 is 2.38 bits per heavy atom. The fraction of sp³-hybridized carbons (Fsp3) is 0.632. The summed E-state index contributed by atoms with van der Waals surface area (Å²) in [6.07, 6.45) is 3.83. The fourth-order valence-corrected chi connectivity index (χ4v) is 3.70. The smallest absolute Gasteiger partial charge is 0.311 e. The zero-order chi connectivity index (χ0) is 19.2. The molecule has 0 saturated heterocycles. The van der Waals surface area contributed by atoms with Gasteiger partial charge in [-0.25, -0.2) is 4.79 Å². The van der Waals surface area contributed by atoms with Gasteiger partial charge < -0.3 is 4.57 Å². The van der Waals surface area contributed by atoms with E-state index in [9.17, 15) is 9.59 Å². The summed E-state index contributed by atoms with van der Waals surface area (Å²) in [6, 6.07) is 0.270. The minimum atomic E-state index is -0.288. The summed E-state index contributed by atoms with van der Waals surface area (Å²) in [6.45, 7) is 10.9. The molecule has 0 saturated carbocycles. The van der Waals surface area contributed by atoms with Gasteiger partial charge in [0.15, 0.2) is 11.2 Å². The molecule has 3 rings (SSSR count). The van der Waals surface area contributed by atoms with Crippen molar-refractivity contribution in [3.63, 3.8) is 0 Å². The van der Waals surface area contributed by atoms with E-state index in [-0.39, 0.29) is 17.3 Å². The highest BCUT2D eigenvalue weighted by atomic mass is 16.2. The topological polar surface area (TPSA) is 66.2 Å². The van der Waals surface area contributed by atoms with Crippen LogP contribution in [-0.2, 0) is 13.6 Å². The molecule has 1 atom stereocenters. The van der Waals surface area contributed by atoms with Crippen molar-refractivity contribution in [2.24, 2.45) is 7.05 Å². The lowest BCUT2D eigenvalue weighted by molar-refractivity contribution is 0.532. The van der Waals surface area contributed by atoms with E-state index in [1.165, 1.54) is 9.13 Å². The summed E-state index contributed by atoms with van der Waals surface area (Å²) in [5.74, 6) is 0.739. The molecule has 0 unspecified atom stereocenters. The quantitative estimate of drug-likeness (QED) is 0.636. The zero-order valence-corrected chi connectivity index (χ0v) is 16.7. The molecular formula is C19H29N5O2. The number of aromatic nitrogens is 5. The monoisotopic (exact) mass is 359 g/mol. The SMILES string of the molecule is CCCCCn1c(=O)c2c(nc3n([C@@H](C)CC)c(C)c(C)n23)n(C)c1=O. The molecule has 0 aliphatic heterocycles. The average Bonchev–Trinajstić information content (AvgIpc) is 3.12. The summed E-state index contributed by atoms with van der Waals surface area (Å²) in [5.41, 5.74) is 2.54. The molecule has 7 nitrogen and oxygen atoms in total. The number of hydrogen-bond acceptors (Lipinski definition) is 3. The lowest BCUT2D eigenvalue weighted by Crippen LogP contribution is -2.39. The van der Waals surface area contributed by atoms with Crippen molar-refractivity contribution in [1.82, 2.24) is 23.1 Å². The van der Waals surface area contributed by atoms with Crippen LogP contribution in [0.15, 0.2) is 9.59 Å². The summed E-state index contributed by atoms with van der Waals surface area (Å²) in [5, 5.41) is 0. The maximum atomic E-state index is 13.2. The molecule has 0 spiro atoms. The second kappa shape index (κ2) is 6.78. The molecule has 3 aromatic heterocycles. The lowest BCUT2D eigenvalue weighted by atomic mass is 10.2. The van der Waals surface area contributed by atoms with Crippen molar-refractivity contribution in [2.45, 2.75) is 72.9 Å². The first kappa shape index (κ1) is 18.5. The van der Waals surface area contributed by atoms with Gasteiger partial charge in [-0.05, 0) is 33.6 Å². The molecule has 3 aromatic rings. The third kappa shape index (κ3) is 2.52. The van der Waals surface area contributed by atoms with E-state index in [1.54, 1.807) is 7.05 Å². The Bertz CT molecular complexity index is 1080. The van der Waals surface area contributed by atoms with Gasteiger partial charge in [-0.1, -0.05) is 26.7 Å². The van der Waals surface area contributed by atoms with Crippen LogP contribution >= 0.6 is 0 Å². The minimum Gasteiger partial charge on any atom is -0.311 e. The summed E-state index contributed by atoms with van der Waals surface area (Å²) < 4.78 is 6.96. The van der Waals surface area contributed by atoms with Crippen molar-refractivity contribution < 1.29 is 0 Å². The predicted molar refractivity (Wildman–Crippen MR) is 104 cm³/mol. The van der Waals surface area contributed by atoms with Crippen molar-refractivity contribution in [2.75, 3.05) is 0 Å². The highest BCUT2D eigenvalue weighted by Gasteiger charge is 2.23. The van der Waals surface area contributed by atoms with Gasteiger partial charge in [-0.2, -0.15) is 4.98 Å². The van der Waals surface area contributed by atoms with Gasteiger partial charge in [0.25, 0.3) is 5.56 Å². The number of imidazole rings is 2. The van der Waals surface area contributed by atoms with Crippen LogP contribution in [0.25, 0.3) is 16.9 Å². The number of nitrogens with zero attached hydrogens (tertiary/aromatic N) is 5. The molecule has 0 bridgehead atoms. The molecule has 0 amide bonds. The highest BCUT2D eigenvalue weighted by Crippen LogP contribution is 2.25. The number of hydrogen-bond donors (Lipinski definition) is 0. The summed E-state index contributed by atoms with van der Waals surface area (Å²) in [7, 11) is 1.70. The Morgan fingerprint density at radius 1 is 1.08 bits per heavy atom. The Balaban J connectivity index is 2.40. The van der Waals surface area contributed by atoms with Gasteiger partial charge in [0.1, 0.15) is 0 Å². The van der Waals surface area contributed by atoms with Crippen LogP contribution in [0.2, 0.25) is 0 Å². The molecule has 0 aliphatic carbocycles. The molecular weight excluding hydrogens is 330 g/mol. The third-order valence-corrected chi connectivity index (χ3v) is 5.58. The lowest BCUT2D eigenvalue weighted by Gasteiger charge is -2.13.